The summed E-state index contributed by atoms with van der Waals surface area (Å²) in [7, 11) is 0. The molecule has 0 bridgehead atoms. The molecular weight excluding hydrogens is 254 g/mol. The van der Waals surface area contributed by atoms with Gasteiger partial charge in [-0.25, -0.2) is 4.68 Å². The summed E-state index contributed by atoms with van der Waals surface area (Å²) in [5.74, 6) is 1.85. The molecule has 0 aliphatic rings. The van der Waals surface area contributed by atoms with Crippen molar-refractivity contribution >= 4 is 5.82 Å². The van der Waals surface area contributed by atoms with Crippen molar-refractivity contribution in [3.8, 4) is 5.82 Å². The lowest BCUT2D eigenvalue weighted by Crippen LogP contribution is -2.26. The van der Waals surface area contributed by atoms with E-state index < -0.39 is 0 Å². The van der Waals surface area contributed by atoms with Crippen LogP contribution < -0.4 is 5.32 Å². The van der Waals surface area contributed by atoms with Gasteiger partial charge in [0.1, 0.15) is 5.82 Å². The van der Waals surface area contributed by atoms with E-state index >= 15 is 0 Å². The first-order valence-electron chi connectivity index (χ1n) is 6.82. The van der Waals surface area contributed by atoms with Crippen LogP contribution in [0.15, 0.2) is 24.4 Å². The van der Waals surface area contributed by atoms with Crippen LogP contribution in [0.25, 0.3) is 5.82 Å². The zero-order valence-corrected chi connectivity index (χ0v) is 12.1. The maximum atomic E-state index is 9.35. The number of aryl methyl sites for hydroxylation is 1. The fraction of sp³-hybridized carbons (Fsp3) is 0.500. The van der Waals surface area contributed by atoms with Gasteiger partial charge in [-0.2, -0.15) is 5.10 Å². The lowest BCUT2D eigenvalue weighted by molar-refractivity contribution is 0.259. The summed E-state index contributed by atoms with van der Waals surface area (Å²) in [6.45, 7) is 6.26. The molecule has 0 aliphatic carbocycles. The fourth-order valence-corrected chi connectivity index (χ4v) is 2.02. The Bertz CT molecular complexity index is 535. The van der Waals surface area contributed by atoms with Crippen molar-refractivity contribution in [2.24, 2.45) is 5.92 Å². The van der Waals surface area contributed by atoms with Crippen LogP contribution in [0, 0.1) is 12.8 Å². The molecule has 108 valence electrons. The Kier molecular flexibility index (Phi) is 4.68. The summed E-state index contributed by atoms with van der Waals surface area (Å²) >= 11 is 0. The Morgan fingerprint density at radius 2 is 2.05 bits per heavy atom. The normalized spacial score (nSPS) is 12.7. The Labute approximate surface area is 118 Å². The van der Waals surface area contributed by atoms with Crippen molar-refractivity contribution in [1.82, 2.24) is 20.0 Å². The molecule has 2 aromatic rings. The van der Waals surface area contributed by atoms with Crippen molar-refractivity contribution in [3.63, 3.8) is 0 Å². The minimum absolute atomic E-state index is 0.00194. The Morgan fingerprint density at radius 1 is 1.25 bits per heavy atom. The van der Waals surface area contributed by atoms with E-state index in [0.29, 0.717) is 17.6 Å². The van der Waals surface area contributed by atoms with E-state index in [1.54, 1.807) is 4.68 Å². The number of aromatic nitrogens is 4. The molecule has 2 rings (SSSR count). The Hall–Kier alpha value is -1.95. The summed E-state index contributed by atoms with van der Waals surface area (Å²) in [6.07, 6.45) is 2.74. The fourth-order valence-electron chi connectivity index (χ4n) is 2.02. The van der Waals surface area contributed by atoms with E-state index in [9.17, 15) is 5.11 Å². The highest BCUT2D eigenvalue weighted by molar-refractivity contribution is 5.37. The number of nitrogens with one attached hydrogen (secondary N) is 1. The number of rotatable bonds is 6. The quantitative estimate of drug-likeness (QED) is 0.840. The maximum Gasteiger partial charge on any atom is 0.175 e. The first-order chi connectivity index (χ1) is 9.58. The predicted octanol–water partition coefficient (Wildman–Crippen LogP) is 1.79. The largest absolute Gasteiger partial charge is 0.394 e. The van der Waals surface area contributed by atoms with E-state index in [4.69, 9.17) is 0 Å². The van der Waals surface area contributed by atoms with E-state index in [2.05, 4.69) is 34.5 Å². The number of nitrogens with zero attached hydrogens (tertiary/aromatic N) is 4. The molecule has 0 unspecified atom stereocenters. The van der Waals surface area contributed by atoms with Gasteiger partial charge in [0.15, 0.2) is 5.82 Å². The van der Waals surface area contributed by atoms with Crippen molar-refractivity contribution in [2.45, 2.75) is 33.2 Å². The molecule has 2 aromatic heterocycles. The molecule has 0 aromatic carbocycles. The van der Waals surface area contributed by atoms with Crippen molar-refractivity contribution < 1.29 is 5.11 Å². The van der Waals surface area contributed by atoms with Crippen LogP contribution in [-0.4, -0.2) is 37.7 Å². The monoisotopic (exact) mass is 275 g/mol. The minimum Gasteiger partial charge on any atom is -0.394 e. The zero-order valence-electron chi connectivity index (χ0n) is 12.1. The second-order valence-corrected chi connectivity index (χ2v) is 5.33. The van der Waals surface area contributed by atoms with Crippen LogP contribution in [0.3, 0.4) is 0 Å². The smallest absolute Gasteiger partial charge is 0.175 e. The molecule has 0 radical (unpaired) electrons. The molecule has 0 saturated carbocycles. The third-order valence-electron chi connectivity index (χ3n) is 2.94. The molecule has 0 aliphatic heterocycles. The average molecular weight is 275 g/mol. The minimum atomic E-state index is 0.00194. The Morgan fingerprint density at radius 3 is 2.55 bits per heavy atom. The molecule has 0 amide bonds. The predicted molar refractivity (Wildman–Crippen MR) is 77.8 cm³/mol. The van der Waals surface area contributed by atoms with E-state index in [1.165, 1.54) is 0 Å². The van der Waals surface area contributed by atoms with Gasteiger partial charge in [-0.15, -0.1) is 10.2 Å². The second kappa shape index (κ2) is 6.47. The highest BCUT2D eigenvalue weighted by Gasteiger charge is 2.10. The van der Waals surface area contributed by atoms with E-state index in [1.807, 2.05) is 31.3 Å². The molecule has 1 atom stereocenters. The van der Waals surface area contributed by atoms with Gasteiger partial charge in [-0.1, -0.05) is 13.8 Å². The van der Waals surface area contributed by atoms with Gasteiger partial charge in [0.25, 0.3) is 0 Å². The number of hydrogen-bond acceptors (Lipinski definition) is 5. The molecule has 20 heavy (non-hydrogen) atoms. The zero-order chi connectivity index (χ0) is 14.5. The van der Waals surface area contributed by atoms with Crippen molar-refractivity contribution in [3.05, 3.63) is 30.1 Å². The Balaban J connectivity index is 2.04. The van der Waals surface area contributed by atoms with Gasteiger partial charge in [0, 0.05) is 6.20 Å². The summed E-state index contributed by atoms with van der Waals surface area (Å²) in [4.78, 5) is 0. The maximum absolute atomic E-state index is 9.35. The highest BCUT2D eigenvalue weighted by Crippen LogP contribution is 2.11. The molecule has 2 N–H and O–H groups in total. The molecule has 0 saturated heterocycles. The number of hydrogen-bond donors (Lipinski definition) is 2. The van der Waals surface area contributed by atoms with Crippen molar-refractivity contribution in [2.75, 3.05) is 11.9 Å². The van der Waals surface area contributed by atoms with Crippen LogP contribution in [0.1, 0.15) is 26.0 Å². The van der Waals surface area contributed by atoms with Gasteiger partial charge < -0.3 is 10.4 Å². The number of aliphatic hydroxyl groups is 1. The lowest BCUT2D eigenvalue weighted by atomic mass is 10.0. The van der Waals surface area contributed by atoms with Crippen LogP contribution in [0.4, 0.5) is 5.82 Å². The molecular formula is C14H21N5O. The molecule has 6 heteroatoms. The van der Waals surface area contributed by atoms with Gasteiger partial charge in [0.2, 0.25) is 0 Å². The second-order valence-electron chi connectivity index (χ2n) is 5.33. The molecule has 0 fully saturated rings. The average Bonchev–Trinajstić information content (AvgIpc) is 2.85. The highest BCUT2D eigenvalue weighted by atomic mass is 16.3. The lowest BCUT2D eigenvalue weighted by Gasteiger charge is -2.18. The summed E-state index contributed by atoms with van der Waals surface area (Å²) < 4.78 is 1.68. The third-order valence-corrected chi connectivity index (χ3v) is 2.94. The van der Waals surface area contributed by atoms with Crippen LogP contribution in [0.2, 0.25) is 0 Å². The van der Waals surface area contributed by atoms with Crippen molar-refractivity contribution in [1.29, 1.82) is 0 Å². The topological polar surface area (TPSA) is 75.9 Å². The van der Waals surface area contributed by atoms with Crippen LogP contribution in [-0.2, 0) is 0 Å². The van der Waals surface area contributed by atoms with Gasteiger partial charge >= 0.3 is 0 Å². The van der Waals surface area contributed by atoms with E-state index in [0.717, 1.165) is 12.1 Å². The number of anilines is 1. The standard InChI is InChI=1S/C14H21N5O/c1-10(2)8-12(9-20)15-13-4-5-14(17-16-13)19-7-6-11(3)18-19/h4-7,10,12,20H,8-9H2,1-3H3,(H,15,16)/t12-/m1/s1. The van der Waals surface area contributed by atoms with Crippen LogP contribution in [0.5, 0.6) is 0 Å². The third kappa shape index (κ3) is 3.77. The molecule has 6 nitrogen and oxygen atoms in total. The van der Waals surface area contributed by atoms with Gasteiger partial charge in [-0.05, 0) is 37.5 Å². The summed E-state index contributed by atoms with van der Waals surface area (Å²) in [6, 6.07) is 5.62. The summed E-state index contributed by atoms with van der Waals surface area (Å²) in [5, 5.41) is 25.1. The van der Waals surface area contributed by atoms with E-state index in [-0.39, 0.29) is 12.6 Å². The first kappa shape index (κ1) is 14.5. The van der Waals surface area contributed by atoms with Gasteiger partial charge in [0.05, 0.1) is 18.3 Å². The summed E-state index contributed by atoms with van der Waals surface area (Å²) in [5.41, 5.74) is 0.936. The van der Waals surface area contributed by atoms with Gasteiger partial charge in [-0.3, -0.25) is 0 Å². The molecule has 2 heterocycles. The molecule has 0 spiro atoms. The number of aliphatic hydroxyl groups excluding tert-OH is 1. The SMILES string of the molecule is Cc1ccn(-c2ccc(N[C@@H](CO)CC(C)C)nn2)n1. The van der Waals surface area contributed by atoms with Crippen LogP contribution >= 0.6 is 0 Å². The first-order valence-corrected chi connectivity index (χ1v) is 6.82.